The summed E-state index contributed by atoms with van der Waals surface area (Å²) in [7, 11) is 0. The number of likely N-dealkylation sites (tertiary alicyclic amines) is 1. The monoisotopic (exact) mass is 418 g/mol. The number of hydrogen-bond donors (Lipinski definition) is 3. The van der Waals surface area contributed by atoms with Gasteiger partial charge in [-0.1, -0.05) is 18.2 Å². The molecule has 0 saturated carbocycles. The molecule has 0 aromatic heterocycles. The van der Waals surface area contributed by atoms with Crippen LogP contribution in [0.2, 0.25) is 0 Å². The minimum absolute atomic E-state index is 0.0649. The van der Waals surface area contributed by atoms with Gasteiger partial charge in [0.1, 0.15) is 12.1 Å². The van der Waals surface area contributed by atoms with Crippen LogP contribution in [0.1, 0.15) is 44.0 Å². The fourth-order valence-electron chi connectivity index (χ4n) is 2.98. The van der Waals surface area contributed by atoms with Gasteiger partial charge < -0.3 is 25.6 Å². The van der Waals surface area contributed by atoms with Gasteiger partial charge in [0.2, 0.25) is 11.8 Å². The average molecular weight is 418 g/mol. The molecule has 30 heavy (non-hydrogen) atoms. The maximum Gasteiger partial charge on any atom is 0.408 e. The molecule has 1 aromatic rings. The highest BCUT2D eigenvalue weighted by molar-refractivity contribution is 5.96. The number of carbonyl (C=O) groups excluding carboxylic acids is 4. The number of hydrogen-bond acceptors (Lipinski definition) is 5. The molecule has 0 spiro atoms. The molecule has 1 aromatic carbocycles. The van der Waals surface area contributed by atoms with E-state index in [1.54, 1.807) is 49.9 Å². The Bertz CT molecular complexity index is 752. The molecular weight excluding hydrogens is 388 g/mol. The van der Waals surface area contributed by atoms with Crippen LogP contribution in [0.3, 0.4) is 0 Å². The normalized spacial score (nSPS) is 14.6. The molecule has 9 nitrogen and oxygen atoms in total. The molecule has 1 aliphatic rings. The molecule has 0 unspecified atom stereocenters. The molecule has 2 rings (SSSR count). The van der Waals surface area contributed by atoms with Crippen LogP contribution in [0.5, 0.6) is 0 Å². The van der Waals surface area contributed by atoms with Crippen molar-refractivity contribution in [3.63, 3.8) is 0 Å². The van der Waals surface area contributed by atoms with Crippen LogP contribution in [0.25, 0.3) is 0 Å². The molecule has 164 valence electrons. The zero-order valence-electron chi connectivity index (χ0n) is 17.7. The van der Waals surface area contributed by atoms with E-state index in [1.165, 1.54) is 0 Å². The minimum atomic E-state index is -0.643. The molecule has 1 heterocycles. The standard InChI is InChI=1S/C21H30N4O5/c1-21(2,3)30-20(29)23-13-17(26)24-16-9-11-25(12-10-16)18(27)14-22-19(28)15-7-5-4-6-8-15/h4-8,16H,9-14H2,1-3H3,(H,22,28)(H,23,29)(H,24,26). The second-order valence-corrected chi connectivity index (χ2v) is 8.13. The summed E-state index contributed by atoms with van der Waals surface area (Å²) in [5.74, 6) is -0.750. The van der Waals surface area contributed by atoms with Gasteiger partial charge in [0, 0.05) is 24.7 Å². The van der Waals surface area contributed by atoms with E-state index in [4.69, 9.17) is 4.74 Å². The second kappa shape index (κ2) is 10.6. The fraction of sp³-hybridized carbons (Fsp3) is 0.524. The number of rotatable bonds is 6. The molecule has 0 atom stereocenters. The van der Waals surface area contributed by atoms with Crippen molar-refractivity contribution < 1.29 is 23.9 Å². The van der Waals surface area contributed by atoms with E-state index >= 15 is 0 Å². The van der Waals surface area contributed by atoms with Crippen molar-refractivity contribution >= 4 is 23.8 Å². The number of carbonyl (C=O) groups is 4. The summed E-state index contributed by atoms with van der Waals surface area (Å²) >= 11 is 0. The maximum absolute atomic E-state index is 12.3. The molecule has 1 aliphatic heterocycles. The first kappa shape index (κ1) is 23.2. The lowest BCUT2D eigenvalue weighted by Crippen LogP contribution is -2.50. The van der Waals surface area contributed by atoms with E-state index < -0.39 is 11.7 Å². The van der Waals surface area contributed by atoms with Gasteiger partial charge in [0.25, 0.3) is 5.91 Å². The van der Waals surface area contributed by atoms with Crippen LogP contribution in [0.15, 0.2) is 30.3 Å². The lowest BCUT2D eigenvalue weighted by Gasteiger charge is -2.32. The molecule has 3 N–H and O–H groups in total. The van der Waals surface area contributed by atoms with Crippen LogP contribution in [0.4, 0.5) is 4.79 Å². The van der Waals surface area contributed by atoms with Crippen molar-refractivity contribution in [2.24, 2.45) is 0 Å². The highest BCUT2D eigenvalue weighted by Gasteiger charge is 2.24. The lowest BCUT2D eigenvalue weighted by molar-refractivity contribution is -0.131. The van der Waals surface area contributed by atoms with Gasteiger partial charge in [-0.3, -0.25) is 14.4 Å². The van der Waals surface area contributed by atoms with E-state index in [-0.39, 0.29) is 36.9 Å². The Morgan fingerprint density at radius 1 is 1.00 bits per heavy atom. The summed E-state index contributed by atoms with van der Waals surface area (Å²) in [5, 5.41) is 7.90. The topological polar surface area (TPSA) is 117 Å². The highest BCUT2D eigenvalue weighted by Crippen LogP contribution is 2.10. The Labute approximate surface area is 176 Å². The first-order chi connectivity index (χ1) is 14.1. The Hall–Kier alpha value is -3.10. The van der Waals surface area contributed by atoms with E-state index in [9.17, 15) is 19.2 Å². The van der Waals surface area contributed by atoms with Gasteiger partial charge in [-0.05, 0) is 45.7 Å². The van der Waals surface area contributed by atoms with Gasteiger partial charge in [-0.15, -0.1) is 0 Å². The van der Waals surface area contributed by atoms with Crippen LogP contribution >= 0.6 is 0 Å². The van der Waals surface area contributed by atoms with Crippen molar-refractivity contribution in [1.82, 2.24) is 20.9 Å². The summed E-state index contributed by atoms with van der Waals surface area (Å²) in [6, 6.07) is 8.65. The van der Waals surface area contributed by atoms with E-state index in [0.717, 1.165) is 0 Å². The third-order valence-electron chi connectivity index (χ3n) is 4.44. The third kappa shape index (κ3) is 8.10. The molecule has 9 heteroatoms. The molecule has 0 bridgehead atoms. The number of nitrogens with one attached hydrogen (secondary N) is 3. The third-order valence-corrected chi connectivity index (χ3v) is 4.44. The predicted octanol–water partition coefficient (Wildman–Crippen LogP) is 1.05. The number of piperidine rings is 1. The molecule has 0 aliphatic carbocycles. The number of alkyl carbamates (subject to hydrolysis) is 1. The van der Waals surface area contributed by atoms with Crippen molar-refractivity contribution in [2.75, 3.05) is 26.2 Å². The largest absolute Gasteiger partial charge is 0.444 e. The van der Waals surface area contributed by atoms with Gasteiger partial charge in [0.15, 0.2) is 0 Å². The second-order valence-electron chi connectivity index (χ2n) is 8.13. The fourth-order valence-corrected chi connectivity index (χ4v) is 2.98. The Morgan fingerprint density at radius 2 is 1.63 bits per heavy atom. The first-order valence-electron chi connectivity index (χ1n) is 10.0. The van der Waals surface area contributed by atoms with Crippen molar-refractivity contribution in [1.29, 1.82) is 0 Å². The number of nitrogens with zero attached hydrogens (tertiary/aromatic N) is 1. The Morgan fingerprint density at radius 3 is 2.23 bits per heavy atom. The zero-order chi connectivity index (χ0) is 22.1. The van der Waals surface area contributed by atoms with Gasteiger partial charge in [-0.2, -0.15) is 0 Å². The summed E-state index contributed by atoms with van der Waals surface area (Å²) in [6.45, 7) is 5.98. The summed E-state index contributed by atoms with van der Waals surface area (Å²) < 4.78 is 5.08. The van der Waals surface area contributed by atoms with Crippen LogP contribution in [-0.2, 0) is 14.3 Å². The molecular formula is C21H30N4O5. The van der Waals surface area contributed by atoms with E-state index in [1.807, 2.05) is 6.07 Å². The summed E-state index contributed by atoms with van der Waals surface area (Å²) in [5.41, 5.74) is -0.118. The van der Waals surface area contributed by atoms with Crippen molar-refractivity contribution in [3.05, 3.63) is 35.9 Å². The molecule has 1 fully saturated rings. The predicted molar refractivity (Wildman–Crippen MR) is 111 cm³/mol. The highest BCUT2D eigenvalue weighted by atomic mass is 16.6. The van der Waals surface area contributed by atoms with Crippen molar-refractivity contribution in [3.8, 4) is 0 Å². The number of benzene rings is 1. The van der Waals surface area contributed by atoms with Gasteiger partial charge in [-0.25, -0.2) is 4.79 Å². The van der Waals surface area contributed by atoms with Crippen LogP contribution in [-0.4, -0.2) is 66.5 Å². The van der Waals surface area contributed by atoms with E-state index in [0.29, 0.717) is 31.5 Å². The van der Waals surface area contributed by atoms with E-state index in [2.05, 4.69) is 16.0 Å². The lowest BCUT2D eigenvalue weighted by atomic mass is 10.0. The number of amides is 4. The molecule has 4 amide bonds. The van der Waals surface area contributed by atoms with Gasteiger partial charge >= 0.3 is 6.09 Å². The van der Waals surface area contributed by atoms with Crippen LogP contribution < -0.4 is 16.0 Å². The van der Waals surface area contributed by atoms with Crippen molar-refractivity contribution in [2.45, 2.75) is 45.3 Å². The number of ether oxygens (including phenoxy) is 1. The van der Waals surface area contributed by atoms with Gasteiger partial charge in [0.05, 0.1) is 6.54 Å². The molecule has 0 radical (unpaired) electrons. The smallest absolute Gasteiger partial charge is 0.408 e. The first-order valence-corrected chi connectivity index (χ1v) is 10.0. The van der Waals surface area contributed by atoms with Crippen LogP contribution in [0, 0.1) is 0 Å². The average Bonchev–Trinajstić information content (AvgIpc) is 2.70. The quantitative estimate of drug-likeness (QED) is 0.638. The Balaban J connectivity index is 1.65. The Kier molecular flexibility index (Phi) is 8.20. The summed E-state index contributed by atoms with van der Waals surface area (Å²) in [6.07, 6.45) is 0.572. The maximum atomic E-state index is 12.3. The zero-order valence-corrected chi connectivity index (χ0v) is 17.7. The summed E-state index contributed by atoms with van der Waals surface area (Å²) in [4.78, 5) is 49.6. The minimum Gasteiger partial charge on any atom is -0.444 e. The SMILES string of the molecule is CC(C)(C)OC(=O)NCC(=O)NC1CCN(C(=O)CNC(=O)c2ccccc2)CC1. The molecule has 1 saturated heterocycles.